The van der Waals surface area contributed by atoms with Crippen LogP contribution in [0.25, 0.3) is 0 Å². The van der Waals surface area contributed by atoms with Gasteiger partial charge in [-0.2, -0.15) is 0 Å². The molecule has 1 N–H and O–H groups in total. The zero-order valence-electron chi connectivity index (χ0n) is 16.4. The molecule has 2 aromatic carbocycles. The Labute approximate surface area is 175 Å². The van der Waals surface area contributed by atoms with Gasteiger partial charge in [0.1, 0.15) is 11.8 Å². The standard InChI is InChI=1S/C21H24Cl2N2O3/c1-13-8-18(9-14(2)20(13)23)28-12-19(26)25(15(3)21(27)24-4)11-16-6-5-7-17(22)10-16/h5-10,15H,11-12H2,1-4H3,(H,24,27)/t15-/m1/s1. The van der Waals surface area contributed by atoms with Gasteiger partial charge in [-0.05, 0) is 61.7 Å². The molecule has 0 spiro atoms. The summed E-state index contributed by atoms with van der Waals surface area (Å²) in [5.74, 6) is -0.00190. The summed E-state index contributed by atoms with van der Waals surface area (Å²) in [7, 11) is 1.54. The van der Waals surface area contributed by atoms with Crippen LogP contribution in [-0.2, 0) is 16.1 Å². The second kappa shape index (κ2) is 9.80. The number of nitrogens with one attached hydrogen (secondary N) is 1. The topological polar surface area (TPSA) is 58.6 Å². The van der Waals surface area contributed by atoms with Gasteiger partial charge in [0.15, 0.2) is 6.61 Å². The Morgan fingerprint density at radius 2 is 1.79 bits per heavy atom. The fourth-order valence-corrected chi connectivity index (χ4v) is 3.16. The maximum atomic E-state index is 12.9. The summed E-state index contributed by atoms with van der Waals surface area (Å²) in [6, 6.07) is 10.1. The predicted octanol–water partition coefficient (Wildman–Crippen LogP) is 4.15. The highest BCUT2D eigenvalue weighted by molar-refractivity contribution is 6.32. The molecule has 0 radical (unpaired) electrons. The molecule has 28 heavy (non-hydrogen) atoms. The van der Waals surface area contributed by atoms with E-state index in [4.69, 9.17) is 27.9 Å². The van der Waals surface area contributed by atoms with Gasteiger partial charge in [0, 0.05) is 23.6 Å². The van der Waals surface area contributed by atoms with Crippen LogP contribution >= 0.6 is 23.2 Å². The van der Waals surface area contributed by atoms with Crippen molar-refractivity contribution >= 4 is 35.0 Å². The Morgan fingerprint density at radius 3 is 2.36 bits per heavy atom. The first-order valence-corrected chi connectivity index (χ1v) is 9.63. The van der Waals surface area contributed by atoms with Gasteiger partial charge in [-0.25, -0.2) is 0 Å². The molecule has 0 heterocycles. The van der Waals surface area contributed by atoms with Crippen LogP contribution in [0.2, 0.25) is 10.0 Å². The Balaban J connectivity index is 2.17. The molecule has 7 heteroatoms. The molecule has 2 aromatic rings. The number of carbonyl (C=O) groups excluding carboxylic acids is 2. The van der Waals surface area contributed by atoms with E-state index in [-0.39, 0.29) is 25.0 Å². The summed E-state index contributed by atoms with van der Waals surface area (Å²) >= 11 is 12.2. The normalized spacial score (nSPS) is 11.6. The second-order valence-electron chi connectivity index (χ2n) is 6.60. The van der Waals surface area contributed by atoms with Gasteiger partial charge in [-0.1, -0.05) is 35.3 Å². The smallest absolute Gasteiger partial charge is 0.261 e. The second-order valence-corrected chi connectivity index (χ2v) is 7.42. The van der Waals surface area contributed by atoms with Crippen molar-refractivity contribution in [2.45, 2.75) is 33.4 Å². The molecule has 0 saturated carbocycles. The molecular formula is C21H24Cl2N2O3. The average Bonchev–Trinajstić information content (AvgIpc) is 2.67. The largest absolute Gasteiger partial charge is 0.484 e. The van der Waals surface area contributed by atoms with Gasteiger partial charge in [0.05, 0.1) is 0 Å². The van der Waals surface area contributed by atoms with Crippen LogP contribution in [0.5, 0.6) is 5.75 Å². The minimum Gasteiger partial charge on any atom is -0.484 e. The third kappa shape index (κ3) is 5.63. The first-order chi connectivity index (χ1) is 13.2. The molecule has 2 rings (SSSR count). The SMILES string of the molecule is CNC(=O)[C@@H](C)N(Cc1cccc(Cl)c1)C(=O)COc1cc(C)c(Cl)c(C)c1. The lowest BCUT2D eigenvalue weighted by molar-refractivity contribution is -0.142. The molecule has 0 aliphatic carbocycles. The van der Waals surface area contributed by atoms with Crippen LogP contribution in [0.15, 0.2) is 36.4 Å². The fourth-order valence-electron chi connectivity index (χ4n) is 2.84. The number of ether oxygens (including phenoxy) is 1. The maximum absolute atomic E-state index is 12.9. The minimum atomic E-state index is -0.659. The van der Waals surface area contributed by atoms with E-state index in [0.29, 0.717) is 15.8 Å². The lowest BCUT2D eigenvalue weighted by Crippen LogP contribution is -2.48. The van der Waals surface area contributed by atoms with Gasteiger partial charge in [-0.3, -0.25) is 9.59 Å². The average molecular weight is 423 g/mol. The molecule has 0 aliphatic heterocycles. The van der Waals surface area contributed by atoms with Crippen molar-refractivity contribution in [3.05, 3.63) is 63.1 Å². The van der Waals surface area contributed by atoms with Crippen LogP contribution in [0.1, 0.15) is 23.6 Å². The Bertz CT molecular complexity index is 847. The number of benzene rings is 2. The van der Waals surface area contributed by atoms with Crippen molar-refractivity contribution < 1.29 is 14.3 Å². The van der Waals surface area contributed by atoms with Gasteiger partial charge in [-0.15, -0.1) is 0 Å². The number of hydrogen-bond donors (Lipinski definition) is 1. The fraction of sp³-hybridized carbons (Fsp3) is 0.333. The molecule has 0 bridgehead atoms. The summed E-state index contributed by atoms with van der Waals surface area (Å²) in [6.07, 6.45) is 0. The van der Waals surface area contributed by atoms with E-state index in [0.717, 1.165) is 16.7 Å². The minimum absolute atomic E-state index is 0.192. The molecule has 0 aliphatic rings. The van der Waals surface area contributed by atoms with Crippen molar-refractivity contribution in [1.82, 2.24) is 10.2 Å². The predicted molar refractivity (Wildman–Crippen MR) is 112 cm³/mol. The summed E-state index contributed by atoms with van der Waals surface area (Å²) in [4.78, 5) is 26.5. The molecule has 2 amide bonds. The summed E-state index contributed by atoms with van der Waals surface area (Å²) in [5, 5.41) is 3.82. The van der Waals surface area contributed by atoms with Crippen molar-refractivity contribution in [3.8, 4) is 5.75 Å². The summed E-state index contributed by atoms with van der Waals surface area (Å²) < 4.78 is 5.68. The summed E-state index contributed by atoms with van der Waals surface area (Å²) in [5.41, 5.74) is 2.58. The lowest BCUT2D eigenvalue weighted by Gasteiger charge is -2.28. The van der Waals surface area contributed by atoms with E-state index >= 15 is 0 Å². The van der Waals surface area contributed by atoms with Crippen LogP contribution in [0.4, 0.5) is 0 Å². The number of nitrogens with zero attached hydrogens (tertiary/aromatic N) is 1. The molecule has 0 saturated heterocycles. The van der Waals surface area contributed by atoms with Gasteiger partial charge < -0.3 is 15.0 Å². The van der Waals surface area contributed by atoms with Crippen LogP contribution in [0.3, 0.4) is 0 Å². The molecular weight excluding hydrogens is 399 g/mol. The van der Waals surface area contributed by atoms with E-state index in [1.54, 1.807) is 37.3 Å². The number of rotatable bonds is 7. The zero-order valence-corrected chi connectivity index (χ0v) is 17.9. The van der Waals surface area contributed by atoms with Crippen LogP contribution < -0.4 is 10.1 Å². The lowest BCUT2D eigenvalue weighted by atomic mass is 10.1. The van der Waals surface area contributed by atoms with Crippen LogP contribution in [0, 0.1) is 13.8 Å². The molecule has 5 nitrogen and oxygen atoms in total. The van der Waals surface area contributed by atoms with E-state index in [1.165, 1.54) is 11.9 Å². The maximum Gasteiger partial charge on any atom is 0.261 e. The zero-order chi connectivity index (χ0) is 20.8. The van der Waals surface area contributed by atoms with Crippen molar-refractivity contribution in [1.29, 1.82) is 0 Å². The number of hydrogen-bond acceptors (Lipinski definition) is 3. The Hall–Kier alpha value is -2.24. The number of amides is 2. The highest BCUT2D eigenvalue weighted by Gasteiger charge is 2.26. The highest BCUT2D eigenvalue weighted by atomic mass is 35.5. The van der Waals surface area contributed by atoms with Crippen molar-refractivity contribution in [3.63, 3.8) is 0 Å². The van der Waals surface area contributed by atoms with Gasteiger partial charge in [0.2, 0.25) is 5.91 Å². The monoisotopic (exact) mass is 422 g/mol. The molecule has 150 valence electrons. The first-order valence-electron chi connectivity index (χ1n) is 8.88. The molecule has 1 atom stereocenters. The number of carbonyl (C=O) groups is 2. The molecule has 0 aromatic heterocycles. The van der Waals surface area contributed by atoms with E-state index < -0.39 is 6.04 Å². The Morgan fingerprint density at radius 1 is 1.14 bits per heavy atom. The third-order valence-corrected chi connectivity index (χ3v) is 5.26. The van der Waals surface area contributed by atoms with E-state index in [2.05, 4.69) is 5.32 Å². The number of aryl methyl sites for hydroxylation is 2. The summed E-state index contributed by atoms with van der Waals surface area (Å²) in [6.45, 7) is 5.49. The van der Waals surface area contributed by atoms with Crippen molar-refractivity contribution in [2.24, 2.45) is 0 Å². The van der Waals surface area contributed by atoms with Crippen molar-refractivity contribution in [2.75, 3.05) is 13.7 Å². The third-order valence-electron chi connectivity index (χ3n) is 4.43. The quantitative estimate of drug-likeness (QED) is 0.728. The van der Waals surface area contributed by atoms with E-state index in [1.807, 2.05) is 19.9 Å². The highest BCUT2D eigenvalue weighted by Crippen LogP contribution is 2.26. The Kier molecular flexibility index (Phi) is 7.72. The first kappa shape index (κ1) is 22.1. The number of likely N-dealkylation sites (N-methyl/N-ethyl adjacent to an activating group) is 1. The van der Waals surface area contributed by atoms with Crippen LogP contribution in [-0.4, -0.2) is 36.4 Å². The molecule has 0 unspecified atom stereocenters. The van der Waals surface area contributed by atoms with Gasteiger partial charge in [0.25, 0.3) is 5.91 Å². The molecule has 0 fully saturated rings. The van der Waals surface area contributed by atoms with Gasteiger partial charge >= 0.3 is 0 Å². The van der Waals surface area contributed by atoms with E-state index in [9.17, 15) is 9.59 Å². The number of halogens is 2.